The summed E-state index contributed by atoms with van der Waals surface area (Å²) < 4.78 is 22.9. The van der Waals surface area contributed by atoms with Gasteiger partial charge in [0.2, 0.25) is 5.91 Å². The van der Waals surface area contributed by atoms with E-state index in [2.05, 4.69) is 10.6 Å². The van der Waals surface area contributed by atoms with Crippen molar-refractivity contribution in [2.24, 2.45) is 5.92 Å². The van der Waals surface area contributed by atoms with Crippen LogP contribution in [0.4, 0.5) is 0 Å². The van der Waals surface area contributed by atoms with E-state index in [4.69, 9.17) is 0 Å². The van der Waals surface area contributed by atoms with Gasteiger partial charge in [-0.25, -0.2) is 8.42 Å². The standard InChI is InChI=1S/C11H20N2O3S/c1-8-3-5-12-9(8)10(14)13-11(2)4-6-17(15,16)7-11/h8-9,12H,3-7H2,1-2H3,(H,13,14). The quantitative estimate of drug-likeness (QED) is 0.713. The summed E-state index contributed by atoms with van der Waals surface area (Å²) in [4.78, 5) is 12.1. The van der Waals surface area contributed by atoms with Gasteiger partial charge in [0.05, 0.1) is 23.1 Å². The minimum atomic E-state index is -2.97. The van der Waals surface area contributed by atoms with Crippen molar-refractivity contribution >= 4 is 15.7 Å². The average molecular weight is 260 g/mol. The van der Waals surface area contributed by atoms with Crippen LogP contribution in [-0.2, 0) is 14.6 Å². The number of carbonyl (C=O) groups is 1. The van der Waals surface area contributed by atoms with Crippen LogP contribution in [0.1, 0.15) is 26.7 Å². The minimum Gasteiger partial charge on any atom is -0.349 e. The zero-order valence-electron chi connectivity index (χ0n) is 10.3. The summed E-state index contributed by atoms with van der Waals surface area (Å²) in [7, 11) is -2.97. The van der Waals surface area contributed by atoms with Crippen molar-refractivity contribution in [1.82, 2.24) is 10.6 Å². The van der Waals surface area contributed by atoms with Gasteiger partial charge in [-0.15, -0.1) is 0 Å². The first-order valence-electron chi connectivity index (χ1n) is 6.07. The zero-order chi connectivity index (χ0) is 12.7. The van der Waals surface area contributed by atoms with Crippen LogP contribution in [-0.4, -0.2) is 44.0 Å². The van der Waals surface area contributed by atoms with Gasteiger partial charge in [0.15, 0.2) is 9.84 Å². The third-order valence-corrected chi connectivity index (χ3v) is 5.65. The smallest absolute Gasteiger partial charge is 0.237 e. The van der Waals surface area contributed by atoms with Gasteiger partial charge in [0, 0.05) is 0 Å². The number of nitrogens with one attached hydrogen (secondary N) is 2. The fourth-order valence-corrected chi connectivity index (χ4v) is 4.76. The molecule has 2 fully saturated rings. The Hall–Kier alpha value is -0.620. The van der Waals surface area contributed by atoms with Crippen LogP contribution in [0.3, 0.4) is 0 Å². The number of rotatable bonds is 2. The van der Waals surface area contributed by atoms with Crippen LogP contribution in [0.5, 0.6) is 0 Å². The van der Waals surface area contributed by atoms with Crippen LogP contribution in [0.25, 0.3) is 0 Å². The van der Waals surface area contributed by atoms with E-state index in [1.165, 1.54) is 0 Å². The Labute approximate surface area is 102 Å². The number of sulfone groups is 1. The van der Waals surface area contributed by atoms with E-state index in [-0.39, 0.29) is 23.5 Å². The summed E-state index contributed by atoms with van der Waals surface area (Å²) >= 11 is 0. The normalized spacial score (nSPS) is 40.4. The molecular weight excluding hydrogens is 240 g/mol. The molecule has 0 saturated carbocycles. The highest BCUT2D eigenvalue weighted by molar-refractivity contribution is 7.91. The Morgan fingerprint density at radius 2 is 2.18 bits per heavy atom. The third kappa shape index (κ3) is 2.80. The van der Waals surface area contributed by atoms with Crippen molar-refractivity contribution in [3.8, 4) is 0 Å². The number of hydrogen-bond acceptors (Lipinski definition) is 4. The summed E-state index contributed by atoms with van der Waals surface area (Å²) in [6.45, 7) is 4.71. The van der Waals surface area contributed by atoms with Crippen molar-refractivity contribution < 1.29 is 13.2 Å². The van der Waals surface area contributed by atoms with Gasteiger partial charge in [-0.3, -0.25) is 4.79 Å². The molecule has 6 heteroatoms. The molecule has 2 heterocycles. The van der Waals surface area contributed by atoms with Gasteiger partial charge < -0.3 is 10.6 Å². The van der Waals surface area contributed by atoms with E-state index >= 15 is 0 Å². The van der Waals surface area contributed by atoms with Crippen LogP contribution in [0.15, 0.2) is 0 Å². The SMILES string of the molecule is CC1CCNC1C(=O)NC1(C)CCS(=O)(=O)C1. The first-order chi connectivity index (χ1) is 7.81. The number of hydrogen-bond donors (Lipinski definition) is 2. The van der Waals surface area contributed by atoms with E-state index in [9.17, 15) is 13.2 Å². The van der Waals surface area contributed by atoms with Gasteiger partial charge in [0.1, 0.15) is 0 Å². The van der Waals surface area contributed by atoms with Gasteiger partial charge in [-0.05, 0) is 32.2 Å². The van der Waals surface area contributed by atoms with E-state index < -0.39 is 15.4 Å². The average Bonchev–Trinajstić information content (AvgIpc) is 2.70. The maximum absolute atomic E-state index is 12.1. The Balaban J connectivity index is 1.99. The van der Waals surface area contributed by atoms with Gasteiger partial charge >= 0.3 is 0 Å². The molecular formula is C11H20N2O3S. The second-order valence-corrected chi connectivity index (χ2v) is 7.77. The topological polar surface area (TPSA) is 75.3 Å². The van der Waals surface area contributed by atoms with E-state index in [1.54, 1.807) is 0 Å². The predicted molar refractivity (Wildman–Crippen MR) is 65.4 cm³/mol. The van der Waals surface area contributed by atoms with E-state index in [1.807, 2.05) is 13.8 Å². The molecule has 2 N–H and O–H groups in total. The van der Waals surface area contributed by atoms with Crippen LogP contribution in [0, 0.1) is 5.92 Å². The second kappa shape index (κ2) is 4.24. The molecule has 0 radical (unpaired) electrons. The third-order valence-electron chi connectivity index (χ3n) is 3.74. The van der Waals surface area contributed by atoms with Crippen LogP contribution >= 0.6 is 0 Å². The molecule has 0 bridgehead atoms. The minimum absolute atomic E-state index is 0.0606. The Morgan fingerprint density at radius 1 is 1.47 bits per heavy atom. The zero-order valence-corrected chi connectivity index (χ0v) is 11.1. The molecule has 17 heavy (non-hydrogen) atoms. The summed E-state index contributed by atoms with van der Waals surface area (Å²) in [5.41, 5.74) is -0.583. The summed E-state index contributed by atoms with van der Waals surface area (Å²) in [6, 6.07) is -0.171. The highest BCUT2D eigenvalue weighted by atomic mass is 32.2. The van der Waals surface area contributed by atoms with Gasteiger partial charge in [-0.2, -0.15) is 0 Å². The molecule has 3 atom stereocenters. The molecule has 0 aromatic carbocycles. The lowest BCUT2D eigenvalue weighted by molar-refractivity contribution is -0.125. The fraction of sp³-hybridized carbons (Fsp3) is 0.909. The van der Waals surface area contributed by atoms with Crippen molar-refractivity contribution in [2.45, 2.75) is 38.3 Å². The highest BCUT2D eigenvalue weighted by Crippen LogP contribution is 2.24. The largest absolute Gasteiger partial charge is 0.349 e. The first-order valence-corrected chi connectivity index (χ1v) is 7.89. The van der Waals surface area contributed by atoms with Crippen LogP contribution < -0.4 is 10.6 Å². The van der Waals surface area contributed by atoms with E-state index in [0.29, 0.717) is 12.3 Å². The maximum Gasteiger partial charge on any atom is 0.237 e. The summed E-state index contributed by atoms with van der Waals surface area (Å²) in [6.07, 6.45) is 1.51. The summed E-state index contributed by atoms with van der Waals surface area (Å²) in [5, 5.41) is 6.06. The molecule has 0 aromatic rings. The Bertz CT molecular complexity index is 420. The van der Waals surface area contributed by atoms with Crippen LogP contribution in [0.2, 0.25) is 0 Å². The van der Waals surface area contributed by atoms with Crippen molar-refractivity contribution in [3.05, 3.63) is 0 Å². The molecule has 2 rings (SSSR count). The Kier molecular flexibility index (Phi) is 3.20. The molecule has 2 saturated heterocycles. The molecule has 1 amide bonds. The number of amides is 1. The van der Waals surface area contributed by atoms with Gasteiger partial charge in [0.25, 0.3) is 0 Å². The fourth-order valence-electron chi connectivity index (χ4n) is 2.67. The van der Waals surface area contributed by atoms with Crippen molar-refractivity contribution in [2.75, 3.05) is 18.1 Å². The van der Waals surface area contributed by atoms with Crippen molar-refractivity contribution in [3.63, 3.8) is 0 Å². The molecule has 2 aliphatic heterocycles. The molecule has 5 nitrogen and oxygen atoms in total. The Morgan fingerprint density at radius 3 is 2.65 bits per heavy atom. The molecule has 98 valence electrons. The number of carbonyl (C=O) groups excluding carboxylic acids is 1. The summed E-state index contributed by atoms with van der Waals surface area (Å²) in [5.74, 6) is 0.496. The molecule has 2 aliphatic rings. The predicted octanol–water partition coefficient (Wildman–Crippen LogP) is -0.322. The lowest BCUT2D eigenvalue weighted by Gasteiger charge is -2.27. The van der Waals surface area contributed by atoms with Crippen molar-refractivity contribution in [1.29, 1.82) is 0 Å². The van der Waals surface area contributed by atoms with Gasteiger partial charge in [-0.1, -0.05) is 6.92 Å². The lowest BCUT2D eigenvalue weighted by Crippen LogP contribution is -2.53. The molecule has 0 spiro atoms. The molecule has 0 aromatic heterocycles. The monoisotopic (exact) mass is 260 g/mol. The molecule has 3 unspecified atom stereocenters. The highest BCUT2D eigenvalue weighted by Gasteiger charge is 2.41. The van der Waals surface area contributed by atoms with E-state index in [0.717, 1.165) is 13.0 Å². The first kappa shape index (κ1) is 12.8. The maximum atomic E-state index is 12.1. The molecule has 0 aliphatic carbocycles. The second-order valence-electron chi connectivity index (χ2n) is 5.59. The lowest BCUT2D eigenvalue weighted by atomic mass is 9.98.